The second-order valence-corrected chi connectivity index (χ2v) is 4.96. The molecule has 0 aromatic carbocycles. The molecule has 0 bridgehead atoms. The van der Waals surface area contributed by atoms with Crippen molar-refractivity contribution in [2.75, 3.05) is 6.61 Å². The van der Waals surface area contributed by atoms with E-state index < -0.39 is 11.6 Å². The van der Waals surface area contributed by atoms with E-state index in [4.69, 9.17) is 9.99 Å². The highest BCUT2D eigenvalue weighted by Crippen LogP contribution is 2.14. The molecule has 0 spiro atoms. The Labute approximate surface area is 109 Å². The Hall–Kier alpha value is -0.650. The normalized spacial score (nSPS) is 11.6. The first-order valence-corrected chi connectivity index (χ1v) is 6.68. The second-order valence-electron chi connectivity index (χ2n) is 4.96. The van der Waals surface area contributed by atoms with Gasteiger partial charge in [0.1, 0.15) is 5.60 Å². The van der Waals surface area contributed by atoms with Gasteiger partial charge in [0.25, 0.3) is 0 Å². The third-order valence-corrected chi connectivity index (χ3v) is 2.78. The quantitative estimate of drug-likeness (QED) is 0.352. The molecule has 5 heteroatoms. The number of aliphatic hydroxyl groups excluding tert-OH is 1. The van der Waals surface area contributed by atoms with Gasteiger partial charge in [-0.05, 0) is 38.1 Å². The van der Waals surface area contributed by atoms with Crippen LogP contribution in [-0.2, 0) is 19.6 Å². The van der Waals surface area contributed by atoms with Gasteiger partial charge in [-0.25, -0.2) is 4.79 Å². The lowest BCUT2D eigenvalue weighted by Gasteiger charge is -2.19. The minimum absolute atomic E-state index is 0.237. The Balaban J connectivity index is 3.38. The van der Waals surface area contributed by atoms with Gasteiger partial charge in [-0.15, -0.1) is 0 Å². The van der Waals surface area contributed by atoms with Crippen LogP contribution in [0.3, 0.4) is 0 Å². The van der Waals surface area contributed by atoms with Gasteiger partial charge < -0.3 is 5.11 Å². The summed E-state index contributed by atoms with van der Waals surface area (Å²) in [7, 11) is 0. The standard InChI is InChI=1S/C13H26O5/c1-4-13(2,3)17-18-16-12(15)10-8-6-5-7-9-11-14/h14H,4-11H2,1-3H3. The average molecular weight is 262 g/mol. The summed E-state index contributed by atoms with van der Waals surface area (Å²) in [5.74, 6) is -0.413. The van der Waals surface area contributed by atoms with Crippen LogP contribution in [0.15, 0.2) is 0 Å². The van der Waals surface area contributed by atoms with Crippen molar-refractivity contribution in [3.63, 3.8) is 0 Å². The first-order chi connectivity index (χ1) is 8.52. The molecular formula is C13H26O5. The maximum Gasteiger partial charge on any atom is 0.345 e. The highest BCUT2D eigenvalue weighted by molar-refractivity contribution is 5.68. The molecule has 5 nitrogen and oxygen atoms in total. The SMILES string of the molecule is CCC(C)(C)OOOC(=O)CCCCCCCO. The lowest BCUT2D eigenvalue weighted by atomic mass is 10.1. The number of carbonyl (C=O) groups is 1. The summed E-state index contributed by atoms with van der Waals surface area (Å²) in [6.07, 6.45) is 5.66. The molecule has 0 radical (unpaired) electrons. The third kappa shape index (κ3) is 10.5. The van der Waals surface area contributed by atoms with Crippen molar-refractivity contribution in [3.8, 4) is 0 Å². The molecule has 0 aliphatic rings. The first-order valence-electron chi connectivity index (χ1n) is 6.68. The van der Waals surface area contributed by atoms with Gasteiger partial charge in [-0.1, -0.05) is 26.2 Å². The molecule has 0 saturated carbocycles. The van der Waals surface area contributed by atoms with E-state index >= 15 is 0 Å². The van der Waals surface area contributed by atoms with Gasteiger partial charge in [0.2, 0.25) is 0 Å². The van der Waals surface area contributed by atoms with Gasteiger partial charge in [0.15, 0.2) is 0 Å². The summed E-state index contributed by atoms with van der Waals surface area (Å²) in [4.78, 5) is 20.7. The van der Waals surface area contributed by atoms with Gasteiger partial charge in [-0.2, -0.15) is 4.89 Å². The van der Waals surface area contributed by atoms with Gasteiger partial charge in [0.05, 0.1) is 0 Å². The summed E-state index contributed by atoms with van der Waals surface area (Å²) < 4.78 is 0. The van der Waals surface area contributed by atoms with Crippen molar-refractivity contribution in [1.82, 2.24) is 0 Å². The Kier molecular flexibility index (Phi) is 9.92. The van der Waals surface area contributed by atoms with Crippen LogP contribution in [0.4, 0.5) is 0 Å². The van der Waals surface area contributed by atoms with Crippen LogP contribution in [-0.4, -0.2) is 23.3 Å². The third-order valence-electron chi connectivity index (χ3n) is 2.78. The molecular weight excluding hydrogens is 236 g/mol. The van der Waals surface area contributed by atoms with Crippen molar-refractivity contribution < 1.29 is 24.7 Å². The molecule has 108 valence electrons. The molecule has 0 saturated heterocycles. The Morgan fingerprint density at radius 3 is 2.33 bits per heavy atom. The Morgan fingerprint density at radius 2 is 1.72 bits per heavy atom. The van der Waals surface area contributed by atoms with E-state index in [1.165, 1.54) is 0 Å². The maximum atomic E-state index is 11.2. The van der Waals surface area contributed by atoms with E-state index in [1.54, 1.807) is 0 Å². The fraction of sp³-hybridized carbons (Fsp3) is 0.923. The van der Waals surface area contributed by atoms with E-state index in [2.05, 4.69) is 9.93 Å². The minimum atomic E-state index is -0.454. The highest BCUT2D eigenvalue weighted by Gasteiger charge is 2.18. The predicted octanol–water partition coefficient (Wildman–Crippen LogP) is 2.91. The largest absolute Gasteiger partial charge is 0.396 e. The van der Waals surface area contributed by atoms with E-state index in [1.807, 2.05) is 20.8 Å². The molecule has 18 heavy (non-hydrogen) atoms. The highest BCUT2D eigenvalue weighted by atomic mass is 17.5. The van der Waals surface area contributed by atoms with Gasteiger partial charge in [-0.3, -0.25) is 4.89 Å². The molecule has 0 heterocycles. The first kappa shape index (κ1) is 17.4. The summed E-state index contributed by atoms with van der Waals surface area (Å²) >= 11 is 0. The summed E-state index contributed by atoms with van der Waals surface area (Å²) in [5, 5.41) is 13.1. The Bertz CT molecular complexity index is 215. The van der Waals surface area contributed by atoms with E-state index in [9.17, 15) is 4.79 Å². The molecule has 0 aliphatic carbocycles. The number of hydrogen-bond acceptors (Lipinski definition) is 5. The average Bonchev–Trinajstić information content (AvgIpc) is 2.33. The molecule has 0 rings (SSSR count). The Morgan fingerprint density at radius 1 is 1.11 bits per heavy atom. The van der Waals surface area contributed by atoms with Crippen LogP contribution in [0.2, 0.25) is 0 Å². The van der Waals surface area contributed by atoms with Crippen LogP contribution in [0.5, 0.6) is 0 Å². The van der Waals surface area contributed by atoms with Gasteiger partial charge in [0, 0.05) is 13.0 Å². The molecule has 0 aliphatic heterocycles. The topological polar surface area (TPSA) is 65.0 Å². The lowest BCUT2D eigenvalue weighted by Crippen LogP contribution is -2.24. The van der Waals surface area contributed by atoms with Crippen LogP contribution < -0.4 is 0 Å². The van der Waals surface area contributed by atoms with Crippen LogP contribution in [0.1, 0.15) is 65.7 Å². The zero-order valence-corrected chi connectivity index (χ0v) is 11.7. The fourth-order valence-corrected chi connectivity index (χ4v) is 1.16. The number of hydrogen-bond donors (Lipinski definition) is 1. The molecule has 1 N–H and O–H groups in total. The zero-order chi connectivity index (χ0) is 13.9. The maximum absolute atomic E-state index is 11.2. The summed E-state index contributed by atoms with van der Waals surface area (Å²) in [5.41, 5.74) is -0.454. The smallest absolute Gasteiger partial charge is 0.345 e. The van der Waals surface area contributed by atoms with Crippen molar-refractivity contribution in [1.29, 1.82) is 0 Å². The monoisotopic (exact) mass is 262 g/mol. The number of carbonyl (C=O) groups excluding carboxylic acids is 1. The lowest BCUT2D eigenvalue weighted by molar-refractivity contribution is -0.517. The summed E-state index contributed by atoms with van der Waals surface area (Å²) in [6, 6.07) is 0. The number of unbranched alkanes of at least 4 members (excludes halogenated alkanes) is 4. The van der Waals surface area contributed by atoms with Crippen molar-refractivity contribution in [3.05, 3.63) is 0 Å². The van der Waals surface area contributed by atoms with E-state index in [0.717, 1.165) is 38.5 Å². The van der Waals surface area contributed by atoms with Crippen LogP contribution in [0, 0.1) is 0 Å². The molecule has 0 atom stereocenters. The predicted molar refractivity (Wildman–Crippen MR) is 67.4 cm³/mol. The fourth-order valence-electron chi connectivity index (χ4n) is 1.16. The van der Waals surface area contributed by atoms with E-state index in [-0.39, 0.29) is 6.61 Å². The van der Waals surface area contributed by atoms with Crippen molar-refractivity contribution >= 4 is 5.97 Å². The second kappa shape index (κ2) is 10.3. The molecule has 0 unspecified atom stereocenters. The zero-order valence-electron chi connectivity index (χ0n) is 11.7. The molecule has 0 aromatic rings. The minimum Gasteiger partial charge on any atom is -0.396 e. The number of rotatable bonds is 11. The molecule has 0 amide bonds. The van der Waals surface area contributed by atoms with Crippen molar-refractivity contribution in [2.45, 2.75) is 71.3 Å². The molecule has 0 aromatic heterocycles. The number of aliphatic hydroxyl groups is 1. The molecule has 0 fully saturated rings. The van der Waals surface area contributed by atoms with Crippen molar-refractivity contribution in [2.24, 2.45) is 0 Å². The van der Waals surface area contributed by atoms with Gasteiger partial charge >= 0.3 is 5.97 Å². The van der Waals surface area contributed by atoms with Crippen LogP contribution in [0.25, 0.3) is 0 Å². The summed E-state index contributed by atoms with van der Waals surface area (Å²) in [6.45, 7) is 5.89. The van der Waals surface area contributed by atoms with Crippen LogP contribution >= 0.6 is 0 Å². The van der Waals surface area contributed by atoms with E-state index in [0.29, 0.717) is 6.42 Å².